The second-order valence-electron chi connectivity index (χ2n) is 5.06. The van der Waals surface area contributed by atoms with Gasteiger partial charge in [-0.15, -0.1) is 0 Å². The maximum absolute atomic E-state index is 12.2. The predicted octanol–water partition coefficient (Wildman–Crippen LogP) is 1.44. The normalized spacial score (nSPS) is 16.9. The molecule has 1 aliphatic heterocycles. The van der Waals surface area contributed by atoms with Gasteiger partial charge in [0.05, 0.1) is 6.04 Å². The van der Waals surface area contributed by atoms with Crippen LogP contribution < -0.4 is 5.73 Å². The number of phenols is 1. The molecule has 3 N–H and O–H groups in total. The first-order chi connectivity index (χ1) is 9.06. The zero-order chi connectivity index (χ0) is 13.8. The average Bonchev–Trinajstić information content (AvgIpc) is 2.41. The van der Waals surface area contributed by atoms with E-state index in [9.17, 15) is 9.90 Å². The number of benzene rings is 1. The summed E-state index contributed by atoms with van der Waals surface area (Å²) in [5.74, 6) is 0.220. The van der Waals surface area contributed by atoms with Gasteiger partial charge in [-0.1, -0.05) is 23.8 Å². The number of hydrogen-bond donors (Lipinski definition) is 2. The van der Waals surface area contributed by atoms with E-state index in [4.69, 9.17) is 5.73 Å². The highest BCUT2D eigenvalue weighted by atomic mass is 16.3. The first-order valence-corrected chi connectivity index (χ1v) is 6.54. The maximum Gasteiger partial charge on any atom is 0.240 e. The molecule has 0 unspecified atom stereocenters. The van der Waals surface area contributed by atoms with Crippen molar-refractivity contribution in [3.05, 3.63) is 41.5 Å². The Morgan fingerprint density at radius 2 is 2.11 bits per heavy atom. The highest BCUT2D eigenvalue weighted by Crippen LogP contribution is 2.14. The van der Waals surface area contributed by atoms with Crippen LogP contribution in [0.1, 0.15) is 18.9 Å². The van der Waals surface area contributed by atoms with Crippen LogP contribution in [-0.2, 0) is 11.2 Å². The van der Waals surface area contributed by atoms with Crippen molar-refractivity contribution in [3.8, 4) is 5.75 Å². The van der Waals surface area contributed by atoms with Gasteiger partial charge in [0.1, 0.15) is 5.75 Å². The number of phenolic OH excluding ortho intramolecular Hbond substituents is 1. The molecule has 1 aliphatic rings. The number of nitrogens with two attached hydrogens (primary N) is 1. The Morgan fingerprint density at radius 3 is 2.68 bits per heavy atom. The molecule has 0 bridgehead atoms. The number of carbonyl (C=O) groups excluding carboxylic acids is 1. The Balaban J connectivity index is 1.94. The van der Waals surface area contributed by atoms with Gasteiger partial charge in [0.2, 0.25) is 5.91 Å². The summed E-state index contributed by atoms with van der Waals surface area (Å²) in [5, 5.41) is 9.22. The van der Waals surface area contributed by atoms with Crippen LogP contribution >= 0.6 is 0 Å². The largest absolute Gasteiger partial charge is 0.508 e. The van der Waals surface area contributed by atoms with Crippen LogP contribution in [0.15, 0.2) is 35.9 Å². The zero-order valence-electron chi connectivity index (χ0n) is 11.2. The number of hydrogen-bond acceptors (Lipinski definition) is 3. The van der Waals surface area contributed by atoms with Crippen molar-refractivity contribution in [3.63, 3.8) is 0 Å². The highest BCUT2D eigenvalue weighted by Gasteiger charge is 2.22. The number of aromatic hydroxyl groups is 1. The van der Waals surface area contributed by atoms with Gasteiger partial charge in [-0.2, -0.15) is 0 Å². The van der Waals surface area contributed by atoms with E-state index in [0.717, 1.165) is 18.5 Å². The van der Waals surface area contributed by atoms with Gasteiger partial charge < -0.3 is 15.7 Å². The second kappa shape index (κ2) is 5.89. The topological polar surface area (TPSA) is 66.6 Å². The summed E-state index contributed by atoms with van der Waals surface area (Å²) in [6, 6.07) is 6.29. The lowest BCUT2D eigenvalue weighted by atomic mass is 10.0. The number of rotatable bonds is 3. The minimum absolute atomic E-state index is 0.00294. The zero-order valence-corrected chi connectivity index (χ0v) is 11.2. The SMILES string of the molecule is CC1=CCN(C(=O)[C@H](N)Cc2ccc(O)cc2)CC1. The molecule has 19 heavy (non-hydrogen) atoms. The highest BCUT2D eigenvalue weighted by molar-refractivity contribution is 5.82. The quantitative estimate of drug-likeness (QED) is 0.808. The summed E-state index contributed by atoms with van der Waals surface area (Å²) >= 11 is 0. The van der Waals surface area contributed by atoms with Gasteiger partial charge in [-0.25, -0.2) is 0 Å². The third-order valence-corrected chi connectivity index (χ3v) is 3.46. The molecule has 1 atom stereocenters. The van der Waals surface area contributed by atoms with E-state index in [-0.39, 0.29) is 11.7 Å². The summed E-state index contributed by atoms with van der Waals surface area (Å²) in [6.07, 6.45) is 3.50. The first kappa shape index (κ1) is 13.6. The summed E-state index contributed by atoms with van der Waals surface area (Å²) in [6.45, 7) is 3.50. The van der Waals surface area contributed by atoms with Crippen molar-refractivity contribution in [2.75, 3.05) is 13.1 Å². The van der Waals surface area contributed by atoms with Gasteiger partial charge >= 0.3 is 0 Å². The van der Waals surface area contributed by atoms with E-state index >= 15 is 0 Å². The number of amides is 1. The van der Waals surface area contributed by atoms with Crippen LogP contribution in [0.4, 0.5) is 0 Å². The lowest BCUT2D eigenvalue weighted by Gasteiger charge is -2.28. The molecule has 4 heteroatoms. The summed E-state index contributed by atoms with van der Waals surface area (Å²) in [5.41, 5.74) is 8.27. The van der Waals surface area contributed by atoms with Crippen LogP contribution in [-0.4, -0.2) is 35.0 Å². The third-order valence-electron chi connectivity index (χ3n) is 3.46. The third kappa shape index (κ3) is 3.58. The smallest absolute Gasteiger partial charge is 0.240 e. The minimum atomic E-state index is -0.517. The molecule has 0 aliphatic carbocycles. The fourth-order valence-electron chi connectivity index (χ4n) is 2.18. The van der Waals surface area contributed by atoms with Gasteiger partial charge in [-0.3, -0.25) is 4.79 Å². The molecule has 0 aromatic heterocycles. The van der Waals surface area contributed by atoms with Crippen molar-refractivity contribution < 1.29 is 9.90 Å². The Labute approximate surface area is 113 Å². The minimum Gasteiger partial charge on any atom is -0.508 e. The van der Waals surface area contributed by atoms with Gasteiger partial charge in [0, 0.05) is 13.1 Å². The molecule has 102 valence electrons. The molecular weight excluding hydrogens is 240 g/mol. The van der Waals surface area contributed by atoms with Crippen LogP contribution in [0.2, 0.25) is 0 Å². The lowest BCUT2D eigenvalue weighted by Crippen LogP contribution is -2.46. The van der Waals surface area contributed by atoms with E-state index in [1.54, 1.807) is 29.2 Å². The van der Waals surface area contributed by atoms with E-state index in [1.807, 2.05) is 0 Å². The molecule has 0 fully saturated rings. The predicted molar refractivity (Wildman–Crippen MR) is 74.7 cm³/mol. The van der Waals surface area contributed by atoms with E-state index in [0.29, 0.717) is 13.0 Å². The second-order valence-corrected chi connectivity index (χ2v) is 5.06. The molecule has 0 spiro atoms. The van der Waals surface area contributed by atoms with Crippen LogP contribution in [0, 0.1) is 0 Å². The summed E-state index contributed by atoms with van der Waals surface area (Å²) in [4.78, 5) is 14.0. The van der Waals surface area contributed by atoms with E-state index in [1.165, 1.54) is 5.57 Å². The number of carbonyl (C=O) groups is 1. The molecule has 1 heterocycles. The Kier molecular flexibility index (Phi) is 4.22. The Morgan fingerprint density at radius 1 is 1.42 bits per heavy atom. The molecular formula is C15H20N2O2. The summed E-state index contributed by atoms with van der Waals surface area (Å²) in [7, 11) is 0. The molecule has 2 rings (SSSR count). The summed E-state index contributed by atoms with van der Waals surface area (Å²) < 4.78 is 0. The Bertz CT molecular complexity index is 479. The Hall–Kier alpha value is -1.81. The van der Waals surface area contributed by atoms with Crippen molar-refractivity contribution in [1.82, 2.24) is 4.90 Å². The van der Waals surface area contributed by atoms with Gasteiger partial charge in [0.15, 0.2) is 0 Å². The van der Waals surface area contributed by atoms with Crippen LogP contribution in [0.25, 0.3) is 0 Å². The van der Waals surface area contributed by atoms with Gasteiger partial charge in [0.25, 0.3) is 0 Å². The van der Waals surface area contributed by atoms with E-state index < -0.39 is 6.04 Å². The molecule has 1 aromatic carbocycles. The monoisotopic (exact) mass is 260 g/mol. The standard InChI is InChI=1S/C15H20N2O2/c1-11-6-8-17(9-7-11)15(19)14(16)10-12-2-4-13(18)5-3-12/h2-6,14,18H,7-10,16H2,1H3/t14-/m1/s1. The number of nitrogens with zero attached hydrogens (tertiary/aromatic N) is 1. The maximum atomic E-state index is 12.2. The van der Waals surface area contributed by atoms with Gasteiger partial charge in [-0.05, 0) is 37.5 Å². The average molecular weight is 260 g/mol. The molecule has 0 saturated heterocycles. The molecule has 1 aromatic rings. The van der Waals surface area contributed by atoms with E-state index in [2.05, 4.69) is 13.0 Å². The molecule has 1 amide bonds. The fourth-order valence-corrected chi connectivity index (χ4v) is 2.18. The molecule has 0 radical (unpaired) electrons. The lowest BCUT2D eigenvalue weighted by molar-refractivity contribution is -0.132. The van der Waals surface area contributed by atoms with Crippen LogP contribution in [0.5, 0.6) is 5.75 Å². The van der Waals surface area contributed by atoms with Crippen molar-refractivity contribution in [1.29, 1.82) is 0 Å². The fraction of sp³-hybridized carbons (Fsp3) is 0.400. The molecule has 4 nitrogen and oxygen atoms in total. The van der Waals surface area contributed by atoms with Crippen molar-refractivity contribution in [2.24, 2.45) is 5.73 Å². The first-order valence-electron chi connectivity index (χ1n) is 6.54. The van der Waals surface area contributed by atoms with Crippen molar-refractivity contribution in [2.45, 2.75) is 25.8 Å². The van der Waals surface area contributed by atoms with Crippen LogP contribution in [0.3, 0.4) is 0 Å². The van der Waals surface area contributed by atoms with Crippen molar-refractivity contribution >= 4 is 5.91 Å². The molecule has 0 saturated carbocycles.